The molecule has 2 aromatic carbocycles. The molecule has 0 saturated carbocycles. The first-order valence-corrected chi connectivity index (χ1v) is 9.71. The van der Waals surface area contributed by atoms with Crippen molar-refractivity contribution in [3.8, 4) is 5.75 Å². The van der Waals surface area contributed by atoms with Gasteiger partial charge in [0.25, 0.3) is 0 Å². The van der Waals surface area contributed by atoms with E-state index in [1.807, 2.05) is 68.4 Å². The van der Waals surface area contributed by atoms with Crippen molar-refractivity contribution >= 4 is 11.8 Å². The Morgan fingerprint density at radius 2 is 1.45 bits per heavy atom. The first-order valence-electron chi connectivity index (χ1n) is 9.71. The lowest BCUT2D eigenvalue weighted by Crippen LogP contribution is -2.40. The zero-order valence-electron chi connectivity index (χ0n) is 17.3. The molecule has 6 heteroatoms. The Bertz CT molecular complexity index is 847. The maximum absolute atomic E-state index is 10.9. The topological polar surface area (TPSA) is 72.6 Å². The van der Waals surface area contributed by atoms with E-state index in [4.69, 9.17) is 14.2 Å². The lowest BCUT2D eigenvalue weighted by molar-refractivity contribution is 0.155. The van der Waals surface area contributed by atoms with Crippen LogP contribution in [0.4, 0.5) is 0 Å². The van der Waals surface area contributed by atoms with Crippen LogP contribution in [-0.4, -0.2) is 43.2 Å². The van der Waals surface area contributed by atoms with Gasteiger partial charge in [0, 0.05) is 0 Å². The summed E-state index contributed by atoms with van der Waals surface area (Å²) < 4.78 is 16.7. The number of hydrogen-bond acceptors (Lipinski definition) is 6. The molecule has 1 unspecified atom stereocenters. The fourth-order valence-electron chi connectivity index (χ4n) is 3.21. The molecule has 0 radical (unpaired) electrons. The molecule has 0 bridgehead atoms. The van der Waals surface area contributed by atoms with Gasteiger partial charge in [-0.25, -0.2) is 9.98 Å². The second-order valence-electron chi connectivity index (χ2n) is 7.26. The molecular formula is C23H28N2O4. The van der Waals surface area contributed by atoms with Crippen molar-refractivity contribution < 1.29 is 19.3 Å². The Morgan fingerprint density at radius 1 is 0.862 bits per heavy atom. The minimum atomic E-state index is -0.907. The van der Waals surface area contributed by atoms with Gasteiger partial charge in [-0.2, -0.15) is 0 Å². The third kappa shape index (κ3) is 4.95. The standard InChI is InChI=1S/C23H28N2O4/c1-15(2)19-22(27-3)25-20(23(24-19)28-4)21(26)17-10-12-18(13-11-17)29-14-16-8-6-5-7-9-16/h5-13,15,19-21,26H,14H2,1-4H3/t19-,20?,21+/m1/s1. The van der Waals surface area contributed by atoms with Crippen LogP contribution in [0.2, 0.25) is 0 Å². The molecule has 1 N–H and O–H groups in total. The van der Waals surface area contributed by atoms with Crippen molar-refractivity contribution in [1.82, 2.24) is 0 Å². The van der Waals surface area contributed by atoms with E-state index in [0.29, 0.717) is 24.0 Å². The molecular weight excluding hydrogens is 368 g/mol. The third-order valence-electron chi connectivity index (χ3n) is 4.86. The van der Waals surface area contributed by atoms with Crippen molar-refractivity contribution in [2.45, 2.75) is 38.6 Å². The predicted molar refractivity (Wildman–Crippen MR) is 113 cm³/mol. The molecule has 2 aromatic rings. The number of aliphatic hydroxyl groups excluding tert-OH is 1. The molecule has 1 heterocycles. The highest BCUT2D eigenvalue weighted by atomic mass is 16.5. The van der Waals surface area contributed by atoms with Crippen LogP contribution in [-0.2, 0) is 16.1 Å². The highest BCUT2D eigenvalue weighted by Crippen LogP contribution is 2.27. The van der Waals surface area contributed by atoms with Crippen molar-refractivity contribution in [3.05, 3.63) is 65.7 Å². The fraction of sp³-hybridized carbons (Fsp3) is 0.391. The van der Waals surface area contributed by atoms with Crippen LogP contribution < -0.4 is 4.74 Å². The molecule has 3 rings (SSSR count). The van der Waals surface area contributed by atoms with Gasteiger partial charge in [0.1, 0.15) is 24.5 Å². The summed E-state index contributed by atoms with van der Waals surface area (Å²) >= 11 is 0. The summed E-state index contributed by atoms with van der Waals surface area (Å²) in [6.45, 7) is 4.58. The number of aliphatic hydroxyl groups is 1. The van der Waals surface area contributed by atoms with Crippen LogP contribution in [0.25, 0.3) is 0 Å². The molecule has 1 aliphatic rings. The quantitative estimate of drug-likeness (QED) is 0.806. The lowest BCUT2D eigenvalue weighted by Gasteiger charge is -2.29. The first-order chi connectivity index (χ1) is 14.0. The van der Waals surface area contributed by atoms with E-state index in [0.717, 1.165) is 11.3 Å². The van der Waals surface area contributed by atoms with Crippen LogP contribution in [0.5, 0.6) is 5.75 Å². The van der Waals surface area contributed by atoms with Crippen molar-refractivity contribution in [1.29, 1.82) is 0 Å². The Balaban J connectivity index is 1.72. The number of methoxy groups -OCH3 is 2. The van der Waals surface area contributed by atoms with Crippen LogP contribution in [0.15, 0.2) is 64.6 Å². The second-order valence-corrected chi connectivity index (χ2v) is 7.26. The van der Waals surface area contributed by atoms with E-state index in [1.165, 1.54) is 0 Å². The Labute approximate surface area is 171 Å². The molecule has 0 aromatic heterocycles. The van der Waals surface area contributed by atoms with E-state index in [-0.39, 0.29) is 12.0 Å². The molecule has 29 heavy (non-hydrogen) atoms. The van der Waals surface area contributed by atoms with Gasteiger partial charge in [-0.1, -0.05) is 56.3 Å². The van der Waals surface area contributed by atoms with E-state index in [2.05, 4.69) is 9.98 Å². The minimum Gasteiger partial charge on any atom is -0.489 e. The number of rotatable bonds is 6. The molecule has 0 saturated heterocycles. The maximum Gasteiger partial charge on any atom is 0.212 e. The maximum atomic E-state index is 10.9. The minimum absolute atomic E-state index is 0.206. The van der Waals surface area contributed by atoms with Crippen molar-refractivity contribution in [2.24, 2.45) is 15.9 Å². The number of ether oxygens (including phenoxy) is 3. The summed E-state index contributed by atoms with van der Waals surface area (Å²) in [7, 11) is 3.12. The number of nitrogens with zero attached hydrogens (tertiary/aromatic N) is 2. The summed E-state index contributed by atoms with van der Waals surface area (Å²) in [4.78, 5) is 9.20. The van der Waals surface area contributed by atoms with Gasteiger partial charge < -0.3 is 19.3 Å². The summed E-state index contributed by atoms with van der Waals surface area (Å²) in [6.07, 6.45) is -0.907. The summed E-state index contributed by atoms with van der Waals surface area (Å²) in [5.41, 5.74) is 1.80. The highest BCUT2D eigenvalue weighted by Gasteiger charge is 2.35. The van der Waals surface area contributed by atoms with Gasteiger partial charge >= 0.3 is 0 Å². The lowest BCUT2D eigenvalue weighted by atomic mass is 9.98. The fourth-order valence-corrected chi connectivity index (χ4v) is 3.21. The average Bonchev–Trinajstić information content (AvgIpc) is 2.77. The first kappa shape index (κ1) is 20.9. The van der Waals surface area contributed by atoms with Crippen molar-refractivity contribution in [2.75, 3.05) is 14.2 Å². The molecule has 154 valence electrons. The molecule has 1 aliphatic heterocycles. The van der Waals surface area contributed by atoms with Gasteiger partial charge in [0.05, 0.1) is 14.2 Å². The SMILES string of the molecule is COC1=N[C@H](C(C)C)C(OC)=NC1[C@@H](O)c1ccc(OCc2ccccc2)cc1. The number of aliphatic imine (C=N–C) groups is 2. The second kappa shape index (κ2) is 9.56. The molecule has 0 aliphatic carbocycles. The summed E-state index contributed by atoms with van der Waals surface area (Å²) in [5, 5.41) is 10.9. The van der Waals surface area contributed by atoms with Crippen molar-refractivity contribution in [3.63, 3.8) is 0 Å². The van der Waals surface area contributed by atoms with E-state index < -0.39 is 12.1 Å². The smallest absolute Gasteiger partial charge is 0.212 e. The van der Waals surface area contributed by atoms with Gasteiger partial charge in [-0.15, -0.1) is 0 Å². The van der Waals surface area contributed by atoms with E-state index in [1.54, 1.807) is 14.2 Å². The molecule has 0 fully saturated rings. The molecule has 0 amide bonds. The summed E-state index contributed by atoms with van der Waals surface area (Å²) in [6, 6.07) is 16.4. The predicted octanol–water partition coefficient (Wildman–Crippen LogP) is 3.80. The monoisotopic (exact) mass is 396 g/mol. The van der Waals surface area contributed by atoms with Gasteiger partial charge in [-0.05, 0) is 29.2 Å². The zero-order chi connectivity index (χ0) is 20.8. The number of benzene rings is 2. The largest absolute Gasteiger partial charge is 0.489 e. The van der Waals surface area contributed by atoms with Crippen LogP contribution in [0.3, 0.4) is 0 Å². The van der Waals surface area contributed by atoms with Gasteiger partial charge in [0.15, 0.2) is 6.04 Å². The molecule has 3 atom stereocenters. The highest BCUT2D eigenvalue weighted by molar-refractivity contribution is 5.94. The Morgan fingerprint density at radius 3 is 2.03 bits per heavy atom. The van der Waals surface area contributed by atoms with E-state index >= 15 is 0 Å². The van der Waals surface area contributed by atoms with Gasteiger partial charge in [0.2, 0.25) is 11.8 Å². The van der Waals surface area contributed by atoms with Crippen LogP contribution >= 0.6 is 0 Å². The zero-order valence-corrected chi connectivity index (χ0v) is 17.3. The molecule has 6 nitrogen and oxygen atoms in total. The Kier molecular flexibility index (Phi) is 6.88. The number of hydrogen-bond donors (Lipinski definition) is 1. The normalized spacial score (nSPS) is 19.9. The Hall–Kier alpha value is -2.86. The van der Waals surface area contributed by atoms with Crippen LogP contribution in [0.1, 0.15) is 31.1 Å². The van der Waals surface area contributed by atoms with E-state index in [9.17, 15) is 5.11 Å². The molecule has 0 spiro atoms. The average molecular weight is 396 g/mol. The summed E-state index contributed by atoms with van der Waals surface area (Å²) in [5.74, 6) is 1.85. The third-order valence-corrected chi connectivity index (χ3v) is 4.86. The van der Waals surface area contributed by atoms with Gasteiger partial charge in [-0.3, -0.25) is 0 Å². The van der Waals surface area contributed by atoms with Crippen LogP contribution in [0, 0.1) is 5.92 Å².